The maximum atomic E-state index is 12.4. The molecule has 0 aliphatic carbocycles. The third kappa shape index (κ3) is 4.07. The molecule has 0 bridgehead atoms. The number of piperidine rings is 1. The van der Waals surface area contributed by atoms with E-state index < -0.39 is 17.7 Å². The molecule has 1 unspecified atom stereocenters. The Balaban J connectivity index is 1.97. The number of aliphatic carboxylic acids is 1. The van der Waals surface area contributed by atoms with E-state index in [2.05, 4.69) is 0 Å². The molecule has 1 heterocycles. The summed E-state index contributed by atoms with van der Waals surface area (Å²) in [6.07, 6.45) is -0.810. The predicted octanol–water partition coefficient (Wildman–Crippen LogP) is 2.20. The number of amides is 1. The lowest BCUT2D eigenvalue weighted by Crippen LogP contribution is -2.53. The molecule has 1 aliphatic rings. The largest absolute Gasteiger partial charge is 0.479 e. The van der Waals surface area contributed by atoms with Gasteiger partial charge in [0.2, 0.25) is 0 Å². The van der Waals surface area contributed by atoms with Crippen LogP contribution in [-0.2, 0) is 9.59 Å². The van der Waals surface area contributed by atoms with Crippen LogP contribution in [0.3, 0.4) is 0 Å². The van der Waals surface area contributed by atoms with Gasteiger partial charge in [0.1, 0.15) is 5.75 Å². The zero-order valence-electron chi connectivity index (χ0n) is 12.5. The molecule has 6 nitrogen and oxygen atoms in total. The first kappa shape index (κ1) is 17.8. The fraction of sp³-hybridized carbons (Fsp3) is 0.467. The van der Waals surface area contributed by atoms with E-state index in [-0.39, 0.29) is 31.8 Å². The Labute approximate surface area is 143 Å². The standard InChI is InChI=1S/C15H17Cl2NO5/c1-9(23-12-3-2-10(16)8-11(12)17)13(19)18-6-4-15(22,5-7-18)14(20)21/h2-3,8-9,22H,4-7H2,1H3,(H,20,21). The van der Waals surface area contributed by atoms with Crippen molar-refractivity contribution in [3.05, 3.63) is 28.2 Å². The van der Waals surface area contributed by atoms with Crippen LogP contribution in [0, 0.1) is 0 Å². The van der Waals surface area contributed by atoms with Crippen molar-refractivity contribution in [1.29, 1.82) is 0 Å². The highest BCUT2D eigenvalue weighted by Gasteiger charge is 2.41. The predicted molar refractivity (Wildman–Crippen MR) is 85.0 cm³/mol. The van der Waals surface area contributed by atoms with E-state index in [4.69, 9.17) is 33.0 Å². The third-order valence-electron chi connectivity index (χ3n) is 3.85. The Hall–Kier alpha value is -1.50. The summed E-state index contributed by atoms with van der Waals surface area (Å²) in [5.74, 6) is -1.21. The van der Waals surface area contributed by atoms with E-state index in [9.17, 15) is 14.7 Å². The summed E-state index contributed by atoms with van der Waals surface area (Å²) in [6.45, 7) is 1.90. The van der Waals surface area contributed by atoms with E-state index in [1.54, 1.807) is 19.1 Å². The van der Waals surface area contributed by atoms with Gasteiger partial charge in [-0.2, -0.15) is 0 Å². The highest BCUT2D eigenvalue weighted by Crippen LogP contribution is 2.29. The maximum Gasteiger partial charge on any atom is 0.335 e. The molecule has 126 valence electrons. The number of benzene rings is 1. The number of carbonyl (C=O) groups is 2. The molecule has 0 saturated carbocycles. The maximum absolute atomic E-state index is 12.4. The molecule has 1 fully saturated rings. The smallest absolute Gasteiger partial charge is 0.335 e. The van der Waals surface area contributed by atoms with E-state index in [1.807, 2.05) is 0 Å². The molecule has 8 heteroatoms. The van der Waals surface area contributed by atoms with Crippen molar-refractivity contribution in [3.8, 4) is 5.75 Å². The van der Waals surface area contributed by atoms with Crippen LogP contribution in [0.5, 0.6) is 5.75 Å². The van der Waals surface area contributed by atoms with Crippen molar-refractivity contribution in [2.75, 3.05) is 13.1 Å². The van der Waals surface area contributed by atoms with Gasteiger partial charge in [0.25, 0.3) is 5.91 Å². The second-order valence-electron chi connectivity index (χ2n) is 5.50. The number of hydrogen-bond donors (Lipinski definition) is 2. The first-order valence-electron chi connectivity index (χ1n) is 7.09. The van der Waals surface area contributed by atoms with Crippen LogP contribution in [0.25, 0.3) is 0 Å². The Kier molecular flexibility index (Phi) is 5.39. The molecule has 1 aromatic rings. The summed E-state index contributed by atoms with van der Waals surface area (Å²) >= 11 is 11.8. The molecular formula is C15H17Cl2NO5. The number of halogens is 2. The van der Waals surface area contributed by atoms with Crippen molar-refractivity contribution in [3.63, 3.8) is 0 Å². The Bertz CT molecular complexity index is 614. The first-order chi connectivity index (χ1) is 10.7. The molecule has 0 radical (unpaired) electrons. The van der Waals surface area contributed by atoms with Gasteiger partial charge in [-0.1, -0.05) is 23.2 Å². The molecular weight excluding hydrogens is 345 g/mol. The molecule has 0 spiro atoms. The Morgan fingerprint density at radius 2 is 1.91 bits per heavy atom. The molecule has 23 heavy (non-hydrogen) atoms. The van der Waals surface area contributed by atoms with Crippen LogP contribution >= 0.6 is 23.2 Å². The number of likely N-dealkylation sites (tertiary alicyclic amines) is 1. The van der Waals surface area contributed by atoms with Gasteiger partial charge < -0.3 is 19.8 Å². The zero-order valence-corrected chi connectivity index (χ0v) is 14.0. The highest BCUT2D eigenvalue weighted by atomic mass is 35.5. The van der Waals surface area contributed by atoms with Gasteiger partial charge in [0.05, 0.1) is 5.02 Å². The number of carboxylic acid groups (broad SMARTS) is 1. The summed E-state index contributed by atoms with van der Waals surface area (Å²) in [5, 5.41) is 19.6. The molecule has 0 aromatic heterocycles. The summed E-state index contributed by atoms with van der Waals surface area (Å²) in [4.78, 5) is 24.8. The van der Waals surface area contributed by atoms with E-state index in [1.165, 1.54) is 11.0 Å². The lowest BCUT2D eigenvalue weighted by atomic mass is 9.91. The molecule has 2 N–H and O–H groups in total. The molecule has 1 amide bonds. The van der Waals surface area contributed by atoms with Crippen molar-refractivity contribution < 1.29 is 24.5 Å². The van der Waals surface area contributed by atoms with Gasteiger partial charge in [-0.3, -0.25) is 4.79 Å². The molecule has 1 saturated heterocycles. The second kappa shape index (κ2) is 6.95. The van der Waals surface area contributed by atoms with Gasteiger partial charge in [-0.25, -0.2) is 4.79 Å². The van der Waals surface area contributed by atoms with Crippen LogP contribution in [0.15, 0.2) is 18.2 Å². The quantitative estimate of drug-likeness (QED) is 0.858. The normalized spacial score (nSPS) is 18.3. The Morgan fingerprint density at radius 3 is 2.43 bits per heavy atom. The Morgan fingerprint density at radius 1 is 1.30 bits per heavy atom. The number of carboxylic acids is 1. The van der Waals surface area contributed by atoms with Crippen molar-refractivity contribution in [1.82, 2.24) is 4.90 Å². The summed E-state index contributed by atoms with van der Waals surface area (Å²) in [5.41, 5.74) is -1.76. The fourth-order valence-electron chi connectivity index (χ4n) is 2.38. The minimum Gasteiger partial charge on any atom is -0.479 e. The lowest BCUT2D eigenvalue weighted by molar-refractivity contribution is -0.166. The number of aliphatic hydroxyl groups is 1. The van der Waals surface area contributed by atoms with Crippen LogP contribution in [0.4, 0.5) is 0 Å². The topological polar surface area (TPSA) is 87.1 Å². The summed E-state index contributed by atoms with van der Waals surface area (Å²) in [6, 6.07) is 4.70. The minimum absolute atomic E-state index is 0.0114. The second-order valence-corrected chi connectivity index (χ2v) is 6.34. The van der Waals surface area contributed by atoms with Crippen molar-refractivity contribution in [2.45, 2.75) is 31.5 Å². The van der Waals surface area contributed by atoms with E-state index in [0.717, 1.165) is 0 Å². The number of ether oxygens (including phenoxy) is 1. The van der Waals surface area contributed by atoms with Crippen LogP contribution in [0.2, 0.25) is 10.0 Å². The molecule has 1 aromatic carbocycles. The lowest BCUT2D eigenvalue weighted by Gasteiger charge is -2.36. The van der Waals surface area contributed by atoms with Gasteiger partial charge >= 0.3 is 5.97 Å². The summed E-state index contributed by atoms with van der Waals surface area (Å²) < 4.78 is 5.55. The van der Waals surface area contributed by atoms with Crippen molar-refractivity contribution in [2.24, 2.45) is 0 Å². The highest BCUT2D eigenvalue weighted by molar-refractivity contribution is 6.35. The number of carbonyl (C=O) groups excluding carboxylic acids is 1. The van der Waals surface area contributed by atoms with Crippen LogP contribution < -0.4 is 4.74 Å². The first-order valence-corrected chi connectivity index (χ1v) is 7.85. The average molecular weight is 362 g/mol. The van der Waals surface area contributed by atoms with Gasteiger partial charge in [-0.15, -0.1) is 0 Å². The van der Waals surface area contributed by atoms with Gasteiger partial charge in [-0.05, 0) is 25.1 Å². The number of nitrogens with zero attached hydrogens (tertiary/aromatic N) is 1. The minimum atomic E-state index is -1.76. The monoisotopic (exact) mass is 361 g/mol. The third-order valence-corrected chi connectivity index (χ3v) is 4.38. The number of hydrogen-bond acceptors (Lipinski definition) is 4. The van der Waals surface area contributed by atoms with Crippen LogP contribution in [-0.4, -0.2) is 51.8 Å². The van der Waals surface area contributed by atoms with Crippen LogP contribution in [0.1, 0.15) is 19.8 Å². The van der Waals surface area contributed by atoms with Gasteiger partial charge in [0, 0.05) is 31.0 Å². The number of rotatable bonds is 4. The SMILES string of the molecule is CC(Oc1ccc(Cl)cc1Cl)C(=O)N1CCC(O)(C(=O)O)CC1. The van der Waals surface area contributed by atoms with Gasteiger partial charge in [0.15, 0.2) is 11.7 Å². The van der Waals surface area contributed by atoms with E-state index in [0.29, 0.717) is 15.8 Å². The van der Waals surface area contributed by atoms with Crippen molar-refractivity contribution >= 4 is 35.1 Å². The molecule has 1 atom stereocenters. The molecule has 1 aliphatic heterocycles. The summed E-state index contributed by atoms with van der Waals surface area (Å²) in [7, 11) is 0. The zero-order chi connectivity index (χ0) is 17.2. The molecule has 2 rings (SSSR count). The average Bonchev–Trinajstić information content (AvgIpc) is 2.50. The van der Waals surface area contributed by atoms with E-state index >= 15 is 0 Å². The fourth-order valence-corrected chi connectivity index (χ4v) is 2.83.